The lowest BCUT2D eigenvalue weighted by Crippen LogP contribution is -2.64. The standard InChI is InChI=1S/C27H31ClN4O2/c1-27(26(34)29-20-12-5-3-2-4-6-13-20)18-31-23-16-10-9-15-22(23)30-24(31)25(33)32(27)17-19-11-7-8-14-21(19)28/h7-11,14-16,20H,2-6,12-13,17-18H2,1H3,(H,29,34). The molecule has 7 heteroatoms. The number of rotatable bonds is 4. The van der Waals surface area contributed by atoms with Gasteiger partial charge in [0.1, 0.15) is 5.54 Å². The second-order valence-corrected chi connectivity index (χ2v) is 10.2. The average Bonchev–Trinajstić information content (AvgIpc) is 3.18. The van der Waals surface area contributed by atoms with Crippen LogP contribution in [-0.4, -0.2) is 37.8 Å². The number of nitrogens with zero attached hydrogens (tertiary/aromatic N) is 3. The van der Waals surface area contributed by atoms with Crippen LogP contribution in [0.4, 0.5) is 0 Å². The third kappa shape index (κ3) is 4.20. The molecule has 1 aliphatic carbocycles. The van der Waals surface area contributed by atoms with Gasteiger partial charge in [0.2, 0.25) is 5.91 Å². The quantitative estimate of drug-likeness (QED) is 0.550. The maximum absolute atomic E-state index is 13.9. The molecule has 2 aliphatic rings. The number of carbonyl (C=O) groups is 2. The van der Waals surface area contributed by atoms with Crippen LogP contribution in [0.15, 0.2) is 48.5 Å². The molecule has 178 valence electrons. The Morgan fingerprint density at radius 1 is 1.06 bits per heavy atom. The van der Waals surface area contributed by atoms with E-state index < -0.39 is 5.54 Å². The summed E-state index contributed by atoms with van der Waals surface area (Å²) in [6.07, 6.45) is 7.92. The van der Waals surface area contributed by atoms with Gasteiger partial charge in [-0.1, -0.05) is 74.0 Å². The van der Waals surface area contributed by atoms with Crippen molar-refractivity contribution in [1.29, 1.82) is 0 Å². The summed E-state index contributed by atoms with van der Waals surface area (Å²) < 4.78 is 1.90. The van der Waals surface area contributed by atoms with Gasteiger partial charge in [0.25, 0.3) is 5.91 Å². The van der Waals surface area contributed by atoms with E-state index in [1.165, 1.54) is 19.3 Å². The van der Waals surface area contributed by atoms with Crippen LogP contribution in [0, 0.1) is 0 Å². The van der Waals surface area contributed by atoms with Gasteiger partial charge in [0.05, 0.1) is 17.6 Å². The van der Waals surface area contributed by atoms with Crippen molar-refractivity contribution in [3.05, 3.63) is 64.9 Å². The monoisotopic (exact) mass is 478 g/mol. The molecular weight excluding hydrogens is 448 g/mol. The molecule has 2 amide bonds. The number of benzene rings is 2. The zero-order valence-corrected chi connectivity index (χ0v) is 20.4. The summed E-state index contributed by atoms with van der Waals surface area (Å²) in [5.74, 6) is 0.00377. The van der Waals surface area contributed by atoms with Crippen molar-refractivity contribution in [2.45, 2.75) is 76.5 Å². The molecule has 1 saturated carbocycles. The van der Waals surface area contributed by atoms with Crippen LogP contribution >= 0.6 is 11.6 Å². The van der Waals surface area contributed by atoms with Gasteiger partial charge in [-0.05, 0) is 43.5 Å². The highest BCUT2D eigenvalue weighted by Crippen LogP contribution is 2.33. The Kier molecular flexibility index (Phi) is 6.34. The van der Waals surface area contributed by atoms with Crippen LogP contribution in [0.5, 0.6) is 0 Å². The second-order valence-electron chi connectivity index (χ2n) is 9.78. The summed E-state index contributed by atoms with van der Waals surface area (Å²) in [4.78, 5) is 34.0. The van der Waals surface area contributed by atoms with E-state index >= 15 is 0 Å². The molecule has 1 aromatic heterocycles. The summed E-state index contributed by atoms with van der Waals surface area (Å²) in [5, 5.41) is 3.90. The molecule has 6 nitrogen and oxygen atoms in total. The molecule has 1 fully saturated rings. The maximum Gasteiger partial charge on any atom is 0.291 e. The largest absolute Gasteiger partial charge is 0.351 e. The smallest absolute Gasteiger partial charge is 0.291 e. The summed E-state index contributed by atoms with van der Waals surface area (Å²) in [7, 11) is 0. The first-order valence-corrected chi connectivity index (χ1v) is 12.7. The van der Waals surface area contributed by atoms with Crippen LogP contribution in [0.2, 0.25) is 5.02 Å². The van der Waals surface area contributed by atoms with Gasteiger partial charge < -0.3 is 14.8 Å². The van der Waals surface area contributed by atoms with E-state index in [1.807, 2.05) is 60.0 Å². The number of fused-ring (bicyclic) bond motifs is 3. The zero-order chi connectivity index (χ0) is 23.7. The van der Waals surface area contributed by atoms with Gasteiger partial charge in [-0.15, -0.1) is 0 Å². The van der Waals surface area contributed by atoms with E-state index in [0.717, 1.165) is 42.3 Å². The highest BCUT2D eigenvalue weighted by Gasteiger charge is 2.48. The van der Waals surface area contributed by atoms with E-state index in [0.29, 0.717) is 17.4 Å². The molecule has 2 heterocycles. The molecule has 0 radical (unpaired) electrons. The van der Waals surface area contributed by atoms with Crippen molar-refractivity contribution >= 4 is 34.4 Å². The molecule has 1 unspecified atom stereocenters. The molecule has 0 saturated heterocycles. The minimum Gasteiger partial charge on any atom is -0.351 e. The zero-order valence-electron chi connectivity index (χ0n) is 19.6. The molecule has 1 aliphatic heterocycles. The number of hydrogen-bond donors (Lipinski definition) is 1. The van der Waals surface area contributed by atoms with Crippen molar-refractivity contribution in [2.24, 2.45) is 0 Å². The fourth-order valence-electron chi connectivity index (χ4n) is 5.32. The van der Waals surface area contributed by atoms with E-state index in [4.69, 9.17) is 11.6 Å². The van der Waals surface area contributed by atoms with Crippen LogP contribution in [0.25, 0.3) is 11.0 Å². The first-order chi connectivity index (χ1) is 16.5. The summed E-state index contributed by atoms with van der Waals surface area (Å²) >= 11 is 6.46. The van der Waals surface area contributed by atoms with Crippen molar-refractivity contribution < 1.29 is 9.59 Å². The number of halogens is 1. The van der Waals surface area contributed by atoms with E-state index in [-0.39, 0.29) is 24.4 Å². The van der Waals surface area contributed by atoms with E-state index in [1.54, 1.807) is 4.90 Å². The first kappa shape index (κ1) is 22.9. The lowest BCUT2D eigenvalue weighted by Gasteiger charge is -2.44. The highest BCUT2D eigenvalue weighted by atomic mass is 35.5. The topological polar surface area (TPSA) is 67.2 Å². The van der Waals surface area contributed by atoms with Crippen molar-refractivity contribution in [2.75, 3.05) is 0 Å². The molecule has 0 bridgehead atoms. The molecule has 2 aromatic carbocycles. The molecule has 1 atom stereocenters. The molecular formula is C27H31ClN4O2. The van der Waals surface area contributed by atoms with Gasteiger partial charge in [-0.25, -0.2) is 4.98 Å². The predicted molar refractivity (Wildman–Crippen MR) is 134 cm³/mol. The summed E-state index contributed by atoms with van der Waals surface area (Å²) in [6.45, 7) is 2.46. The number of amides is 2. The van der Waals surface area contributed by atoms with Gasteiger partial charge in [-0.2, -0.15) is 0 Å². The number of imidazole rings is 1. The van der Waals surface area contributed by atoms with Gasteiger partial charge in [0, 0.05) is 17.6 Å². The SMILES string of the molecule is CC1(C(=O)NC2CCCCCCC2)Cn2c(nc3ccccc32)C(=O)N1Cc1ccccc1Cl. The first-order valence-electron chi connectivity index (χ1n) is 12.3. The minimum absolute atomic E-state index is 0.109. The average molecular weight is 479 g/mol. The number of carbonyl (C=O) groups excluding carboxylic acids is 2. The Balaban J connectivity index is 1.52. The number of para-hydroxylation sites is 2. The fourth-order valence-corrected chi connectivity index (χ4v) is 5.51. The Morgan fingerprint density at radius 2 is 1.74 bits per heavy atom. The minimum atomic E-state index is -1.07. The Bertz CT molecular complexity index is 1210. The van der Waals surface area contributed by atoms with E-state index in [2.05, 4.69) is 10.3 Å². The lowest BCUT2D eigenvalue weighted by molar-refractivity contribution is -0.134. The number of aromatic nitrogens is 2. The second kappa shape index (κ2) is 9.41. The number of hydrogen-bond acceptors (Lipinski definition) is 3. The maximum atomic E-state index is 13.9. The predicted octanol–water partition coefficient (Wildman–Crippen LogP) is 5.33. The Hall–Kier alpha value is -2.86. The fraction of sp³-hybridized carbons (Fsp3) is 0.444. The van der Waals surface area contributed by atoms with Gasteiger partial charge in [-0.3, -0.25) is 9.59 Å². The highest BCUT2D eigenvalue weighted by molar-refractivity contribution is 6.31. The number of nitrogens with one attached hydrogen (secondary N) is 1. The Labute approximate surface area is 205 Å². The normalized spacial score (nSPS) is 21.7. The van der Waals surface area contributed by atoms with Gasteiger partial charge >= 0.3 is 0 Å². The Morgan fingerprint density at radius 3 is 2.50 bits per heavy atom. The summed E-state index contributed by atoms with van der Waals surface area (Å²) in [5.41, 5.74) is 1.36. The van der Waals surface area contributed by atoms with Crippen molar-refractivity contribution in [1.82, 2.24) is 19.8 Å². The molecule has 34 heavy (non-hydrogen) atoms. The third-order valence-corrected chi connectivity index (χ3v) is 7.74. The molecule has 5 rings (SSSR count). The van der Waals surface area contributed by atoms with E-state index in [9.17, 15) is 9.59 Å². The molecule has 0 spiro atoms. The van der Waals surface area contributed by atoms with Crippen molar-refractivity contribution in [3.8, 4) is 0 Å². The van der Waals surface area contributed by atoms with Crippen LogP contribution in [0.1, 0.15) is 68.1 Å². The third-order valence-electron chi connectivity index (χ3n) is 7.37. The lowest BCUT2D eigenvalue weighted by atomic mass is 9.92. The molecule has 3 aromatic rings. The van der Waals surface area contributed by atoms with Crippen LogP contribution < -0.4 is 5.32 Å². The van der Waals surface area contributed by atoms with Crippen LogP contribution in [0.3, 0.4) is 0 Å². The van der Waals surface area contributed by atoms with Crippen molar-refractivity contribution in [3.63, 3.8) is 0 Å². The van der Waals surface area contributed by atoms with Crippen LogP contribution in [-0.2, 0) is 17.9 Å². The summed E-state index contributed by atoms with van der Waals surface area (Å²) in [6, 6.07) is 15.3. The molecule has 1 N–H and O–H groups in total. The van der Waals surface area contributed by atoms with Gasteiger partial charge in [0.15, 0.2) is 5.82 Å².